The van der Waals surface area contributed by atoms with E-state index in [1.54, 1.807) is 0 Å². The lowest BCUT2D eigenvalue weighted by molar-refractivity contribution is 0.856. The third-order valence-corrected chi connectivity index (χ3v) is 4.94. The van der Waals surface area contributed by atoms with E-state index in [1.165, 1.54) is 5.56 Å². The molecule has 0 bridgehead atoms. The van der Waals surface area contributed by atoms with E-state index >= 15 is 0 Å². The molecule has 0 unspecified atom stereocenters. The number of aryl methyl sites for hydroxylation is 3. The highest BCUT2D eigenvalue weighted by Crippen LogP contribution is 2.27. The smallest absolute Gasteiger partial charge is 0.162 e. The first-order valence-corrected chi connectivity index (χ1v) is 8.83. The molecule has 124 valence electrons. The van der Waals surface area contributed by atoms with Gasteiger partial charge in [0.05, 0.1) is 0 Å². The molecule has 1 N–H and O–H groups in total. The monoisotopic (exact) mass is 345 g/mol. The van der Waals surface area contributed by atoms with Gasteiger partial charge < -0.3 is 0 Å². The van der Waals surface area contributed by atoms with Gasteiger partial charge in [0.1, 0.15) is 4.64 Å². The minimum Gasteiger partial charge on any atom is -0.295 e. The van der Waals surface area contributed by atoms with E-state index in [0.29, 0.717) is 0 Å². The van der Waals surface area contributed by atoms with Crippen LogP contribution in [0.5, 0.6) is 0 Å². The Hall–Kier alpha value is -2.72. The van der Waals surface area contributed by atoms with Crippen molar-refractivity contribution in [2.75, 3.05) is 0 Å². The summed E-state index contributed by atoms with van der Waals surface area (Å²) in [6, 6.07) is 20.8. The van der Waals surface area contributed by atoms with Crippen LogP contribution in [0.4, 0.5) is 0 Å². The normalized spacial score (nSPS) is 11.1. The van der Waals surface area contributed by atoms with Crippen molar-refractivity contribution in [3.8, 4) is 11.1 Å². The highest BCUT2D eigenvalue weighted by Gasteiger charge is 2.13. The number of aromatic amines is 1. The van der Waals surface area contributed by atoms with Crippen molar-refractivity contribution in [1.82, 2.24) is 14.6 Å². The van der Waals surface area contributed by atoms with Crippen LogP contribution in [0.25, 0.3) is 16.8 Å². The van der Waals surface area contributed by atoms with Crippen LogP contribution in [0.1, 0.15) is 16.8 Å². The summed E-state index contributed by atoms with van der Waals surface area (Å²) in [5.74, 6) is 0. The number of aromatic nitrogens is 3. The zero-order valence-corrected chi connectivity index (χ0v) is 14.9. The Bertz CT molecular complexity index is 1060. The van der Waals surface area contributed by atoms with Crippen LogP contribution < -0.4 is 0 Å². The Morgan fingerprint density at radius 1 is 0.960 bits per heavy atom. The summed E-state index contributed by atoms with van der Waals surface area (Å²) in [5.41, 5.74) is 6.63. The lowest BCUT2D eigenvalue weighted by atomic mass is 10.1. The van der Waals surface area contributed by atoms with Gasteiger partial charge in [0.25, 0.3) is 0 Å². The summed E-state index contributed by atoms with van der Waals surface area (Å²) >= 11 is 5.72. The third kappa shape index (κ3) is 3.01. The van der Waals surface area contributed by atoms with Crippen LogP contribution in [0, 0.1) is 11.6 Å². The zero-order chi connectivity index (χ0) is 17.2. The molecule has 0 spiro atoms. The molecule has 4 rings (SSSR count). The maximum Gasteiger partial charge on any atom is 0.162 e. The first-order chi connectivity index (χ1) is 12.2. The average Bonchev–Trinajstić information content (AvgIpc) is 3.00. The number of hydrogen-bond acceptors (Lipinski definition) is 2. The topological polar surface area (TPSA) is 33.1 Å². The van der Waals surface area contributed by atoms with Crippen molar-refractivity contribution in [3.63, 3.8) is 0 Å². The zero-order valence-electron chi connectivity index (χ0n) is 14.1. The molecule has 2 aromatic carbocycles. The van der Waals surface area contributed by atoms with Gasteiger partial charge in [-0.2, -0.15) is 0 Å². The van der Waals surface area contributed by atoms with Gasteiger partial charge in [-0.15, -0.1) is 0 Å². The standard InChI is InChI=1S/C21H19N3S/c1-15-19(17-10-6-3-7-11-17)20-22-14-18(21(25)24(20)23-15)13-12-16-8-4-2-5-9-16/h2-11,14,23H,12-13H2,1H3. The van der Waals surface area contributed by atoms with Gasteiger partial charge in [0, 0.05) is 23.0 Å². The fourth-order valence-electron chi connectivity index (χ4n) is 3.21. The molecule has 0 amide bonds. The van der Waals surface area contributed by atoms with Crippen molar-refractivity contribution < 1.29 is 0 Å². The molecule has 0 saturated carbocycles. The van der Waals surface area contributed by atoms with Crippen LogP contribution in [0.15, 0.2) is 66.9 Å². The van der Waals surface area contributed by atoms with Crippen LogP contribution in [-0.2, 0) is 12.8 Å². The summed E-state index contributed by atoms with van der Waals surface area (Å²) in [4.78, 5) is 4.72. The highest BCUT2D eigenvalue weighted by molar-refractivity contribution is 7.71. The number of nitrogens with one attached hydrogen (secondary N) is 1. The lowest BCUT2D eigenvalue weighted by Gasteiger charge is -2.05. The maximum atomic E-state index is 5.72. The van der Waals surface area contributed by atoms with E-state index in [-0.39, 0.29) is 0 Å². The SMILES string of the molecule is Cc1[nH]n2c(=S)c(CCc3ccccc3)cnc2c1-c1ccccc1. The molecular weight excluding hydrogens is 326 g/mol. The number of rotatable bonds is 4. The van der Waals surface area contributed by atoms with Gasteiger partial charge in [-0.1, -0.05) is 72.9 Å². The summed E-state index contributed by atoms with van der Waals surface area (Å²) < 4.78 is 2.75. The van der Waals surface area contributed by atoms with E-state index in [2.05, 4.69) is 48.4 Å². The first-order valence-electron chi connectivity index (χ1n) is 8.42. The molecule has 0 aliphatic carbocycles. The van der Waals surface area contributed by atoms with E-state index in [9.17, 15) is 0 Å². The lowest BCUT2D eigenvalue weighted by Crippen LogP contribution is -2.00. The van der Waals surface area contributed by atoms with E-state index in [1.807, 2.05) is 35.0 Å². The van der Waals surface area contributed by atoms with Gasteiger partial charge in [-0.05, 0) is 30.9 Å². The molecule has 0 aliphatic heterocycles. The summed E-state index contributed by atoms with van der Waals surface area (Å²) in [5, 5.41) is 3.38. The second kappa shape index (κ2) is 6.65. The molecule has 3 nitrogen and oxygen atoms in total. The fraction of sp³-hybridized carbons (Fsp3) is 0.143. The van der Waals surface area contributed by atoms with Crippen molar-refractivity contribution in [2.24, 2.45) is 0 Å². The minimum atomic E-state index is 0.811. The van der Waals surface area contributed by atoms with Gasteiger partial charge in [-0.3, -0.25) is 5.10 Å². The number of hydrogen-bond donors (Lipinski definition) is 1. The minimum absolute atomic E-state index is 0.811. The molecule has 0 aliphatic rings. The van der Waals surface area contributed by atoms with Crippen LogP contribution in [-0.4, -0.2) is 14.6 Å². The van der Waals surface area contributed by atoms with Crippen LogP contribution in [0.3, 0.4) is 0 Å². The molecule has 2 heterocycles. The van der Waals surface area contributed by atoms with Crippen molar-refractivity contribution in [3.05, 3.63) is 88.3 Å². The molecule has 0 saturated heterocycles. The van der Waals surface area contributed by atoms with Crippen molar-refractivity contribution in [1.29, 1.82) is 0 Å². The Morgan fingerprint density at radius 3 is 2.36 bits per heavy atom. The van der Waals surface area contributed by atoms with Crippen molar-refractivity contribution >= 4 is 17.9 Å². The molecule has 2 aromatic heterocycles. The second-order valence-electron chi connectivity index (χ2n) is 6.21. The Balaban J connectivity index is 1.73. The Labute approximate surface area is 152 Å². The maximum absolute atomic E-state index is 5.72. The Morgan fingerprint density at radius 2 is 1.64 bits per heavy atom. The third-order valence-electron chi connectivity index (χ3n) is 4.50. The molecule has 0 fully saturated rings. The highest BCUT2D eigenvalue weighted by atomic mass is 32.1. The van der Waals surface area contributed by atoms with E-state index < -0.39 is 0 Å². The summed E-state index contributed by atoms with van der Waals surface area (Å²) in [6.45, 7) is 2.06. The van der Waals surface area contributed by atoms with Crippen LogP contribution >= 0.6 is 12.2 Å². The molecule has 4 heteroatoms. The van der Waals surface area contributed by atoms with Gasteiger partial charge in [-0.25, -0.2) is 9.50 Å². The molecule has 0 atom stereocenters. The average molecular weight is 345 g/mol. The largest absolute Gasteiger partial charge is 0.295 e. The molecule has 25 heavy (non-hydrogen) atoms. The molecule has 0 radical (unpaired) electrons. The van der Waals surface area contributed by atoms with E-state index in [0.717, 1.165) is 45.5 Å². The first kappa shape index (κ1) is 15.8. The number of nitrogens with zero attached hydrogens (tertiary/aromatic N) is 2. The number of H-pyrrole nitrogens is 1. The predicted octanol–water partition coefficient (Wildman–Crippen LogP) is 5.15. The summed E-state index contributed by atoms with van der Waals surface area (Å²) in [6.07, 6.45) is 3.78. The fourth-order valence-corrected chi connectivity index (χ4v) is 3.50. The molecular formula is C21H19N3S. The predicted molar refractivity (Wildman–Crippen MR) is 104 cm³/mol. The second-order valence-corrected chi connectivity index (χ2v) is 6.60. The van der Waals surface area contributed by atoms with Crippen LogP contribution in [0.2, 0.25) is 0 Å². The quantitative estimate of drug-likeness (QED) is 0.519. The summed E-state index contributed by atoms with van der Waals surface area (Å²) in [7, 11) is 0. The molecule has 4 aromatic rings. The number of benzene rings is 2. The Kier molecular flexibility index (Phi) is 4.20. The van der Waals surface area contributed by atoms with E-state index in [4.69, 9.17) is 17.2 Å². The van der Waals surface area contributed by atoms with Crippen molar-refractivity contribution in [2.45, 2.75) is 19.8 Å². The van der Waals surface area contributed by atoms with Gasteiger partial charge in [0.2, 0.25) is 0 Å². The number of fused-ring (bicyclic) bond motifs is 1. The van der Waals surface area contributed by atoms with Gasteiger partial charge >= 0.3 is 0 Å². The van der Waals surface area contributed by atoms with Gasteiger partial charge in [0.15, 0.2) is 5.65 Å².